The third-order valence-electron chi connectivity index (χ3n) is 2.85. The average Bonchev–Trinajstić information content (AvgIpc) is 2.69. The van der Waals surface area contributed by atoms with Gasteiger partial charge in [0.2, 0.25) is 0 Å². The molecule has 5 heteroatoms. The monoisotopic (exact) mass is 274 g/mol. The molecule has 0 unspecified atom stereocenters. The second kappa shape index (κ2) is 4.51. The van der Waals surface area contributed by atoms with Crippen molar-refractivity contribution >= 4 is 27.1 Å². The molecule has 1 aromatic heterocycles. The van der Waals surface area contributed by atoms with E-state index in [1.165, 1.54) is 11.3 Å². The number of halogens is 1. The molecule has 3 nitrogen and oxygen atoms in total. The third-order valence-corrected chi connectivity index (χ3v) is 3.89. The van der Waals surface area contributed by atoms with Gasteiger partial charge in [-0.05, 0) is 24.3 Å². The summed E-state index contributed by atoms with van der Waals surface area (Å²) in [5.74, 6) is -0.117. The lowest BCUT2D eigenvalue weighted by Crippen LogP contribution is -2.01. The number of hydrogen-bond donors (Lipinski definition) is 2. The number of fused-ring (bicyclic) bond motifs is 1. The van der Waals surface area contributed by atoms with E-state index < -0.39 is 0 Å². The van der Waals surface area contributed by atoms with Crippen LogP contribution < -0.4 is 5.73 Å². The maximum Gasteiger partial charge on any atom is 0.129 e. The van der Waals surface area contributed by atoms with Crippen LogP contribution in [0.2, 0.25) is 0 Å². The lowest BCUT2D eigenvalue weighted by atomic mass is 10.1. The molecule has 0 amide bonds. The Hall–Kier alpha value is -2.14. The molecule has 19 heavy (non-hydrogen) atoms. The summed E-state index contributed by atoms with van der Waals surface area (Å²) in [5.41, 5.74) is 7.33. The maximum absolute atomic E-state index is 14.1. The lowest BCUT2D eigenvalue weighted by Gasteiger charge is -2.04. The molecule has 0 fully saturated rings. The summed E-state index contributed by atoms with van der Waals surface area (Å²) in [5, 5.41) is 9.98. The molecule has 0 bridgehead atoms. The molecule has 0 atom stereocenters. The highest BCUT2D eigenvalue weighted by molar-refractivity contribution is 7.19. The predicted octanol–water partition coefficient (Wildman–Crippen LogP) is 3.49. The normalized spacial score (nSPS) is 15.7. The Kier molecular flexibility index (Phi) is 2.83. The lowest BCUT2D eigenvalue weighted by molar-refractivity contribution is 0.476. The van der Waals surface area contributed by atoms with Gasteiger partial charge < -0.3 is 10.8 Å². The van der Waals surface area contributed by atoms with E-state index in [1.807, 2.05) is 0 Å². The van der Waals surface area contributed by atoms with E-state index >= 15 is 0 Å². The van der Waals surface area contributed by atoms with Crippen LogP contribution in [0.25, 0.3) is 15.8 Å². The molecule has 1 aliphatic rings. The van der Waals surface area contributed by atoms with E-state index in [0.29, 0.717) is 16.3 Å². The summed E-state index contributed by atoms with van der Waals surface area (Å²) in [6.45, 7) is 0. The number of aromatic nitrogens is 1. The quantitative estimate of drug-likeness (QED) is 0.837. The zero-order chi connectivity index (χ0) is 13.4. The first-order valence-corrected chi connectivity index (χ1v) is 6.58. The minimum atomic E-state index is -0.286. The number of nitrogens with two attached hydrogens (primary N) is 1. The van der Waals surface area contributed by atoms with Crippen LogP contribution in [0.5, 0.6) is 5.75 Å². The number of hydrogen-bond acceptors (Lipinski definition) is 4. The molecule has 1 aromatic carbocycles. The van der Waals surface area contributed by atoms with Gasteiger partial charge in [-0.15, -0.1) is 11.3 Å². The summed E-state index contributed by atoms with van der Waals surface area (Å²) in [4.78, 5) is 4.38. The maximum atomic E-state index is 14.1. The molecule has 3 N–H and O–H groups in total. The van der Waals surface area contributed by atoms with Crippen molar-refractivity contribution in [2.24, 2.45) is 5.73 Å². The van der Waals surface area contributed by atoms with Crippen molar-refractivity contribution in [1.29, 1.82) is 0 Å². The fraction of sp³-hybridized carbons (Fsp3) is 0.0714. The van der Waals surface area contributed by atoms with Crippen LogP contribution in [-0.2, 0) is 0 Å². The molecule has 3 rings (SSSR count). The second-order valence-electron chi connectivity index (χ2n) is 4.21. The zero-order valence-corrected chi connectivity index (χ0v) is 10.7. The number of aromatic hydroxyl groups is 1. The summed E-state index contributed by atoms with van der Waals surface area (Å²) >= 11 is 1.32. The summed E-state index contributed by atoms with van der Waals surface area (Å²) in [7, 11) is 0. The van der Waals surface area contributed by atoms with E-state index in [1.54, 1.807) is 36.4 Å². The average molecular weight is 274 g/mol. The molecule has 0 spiro atoms. The van der Waals surface area contributed by atoms with Crippen molar-refractivity contribution in [1.82, 2.24) is 4.98 Å². The second-order valence-corrected chi connectivity index (χ2v) is 5.24. The first-order chi connectivity index (χ1) is 9.15. The van der Waals surface area contributed by atoms with Crippen molar-refractivity contribution in [2.75, 3.05) is 0 Å². The molecule has 0 saturated carbocycles. The Morgan fingerprint density at radius 2 is 2.21 bits per heavy atom. The molecule has 2 aromatic rings. The van der Waals surface area contributed by atoms with Gasteiger partial charge >= 0.3 is 0 Å². The summed E-state index contributed by atoms with van der Waals surface area (Å²) in [6, 6.07) is 4.88. The van der Waals surface area contributed by atoms with Crippen LogP contribution in [-0.4, -0.2) is 10.1 Å². The summed E-state index contributed by atoms with van der Waals surface area (Å²) in [6.07, 6.45) is 5.34. The van der Waals surface area contributed by atoms with E-state index in [-0.39, 0.29) is 18.0 Å². The first kappa shape index (κ1) is 11.9. The highest BCUT2D eigenvalue weighted by Crippen LogP contribution is 2.35. The van der Waals surface area contributed by atoms with Crippen molar-refractivity contribution < 1.29 is 9.50 Å². The fourth-order valence-corrected chi connectivity index (χ4v) is 3.03. The van der Waals surface area contributed by atoms with Crippen molar-refractivity contribution in [3.8, 4) is 5.75 Å². The number of phenolic OH excluding ortho intramolecular Hbond substituents is 1. The van der Waals surface area contributed by atoms with Gasteiger partial charge in [0.15, 0.2) is 0 Å². The van der Waals surface area contributed by atoms with Gasteiger partial charge in [-0.1, -0.05) is 12.2 Å². The van der Waals surface area contributed by atoms with Gasteiger partial charge in [0, 0.05) is 12.1 Å². The molecule has 0 radical (unpaired) electrons. The third kappa shape index (κ3) is 2.13. The van der Waals surface area contributed by atoms with Crippen molar-refractivity contribution in [3.63, 3.8) is 0 Å². The largest absolute Gasteiger partial charge is 0.508 e. The Morgan fingerprint density at radius 1 is 1.37 bits per heavy atom. The molecular formula is C14H11FN2OS. The Balaban J connectivity index is 2.18. The van der Waals surface area contributed by atoms with E-state index in [2.05, 4.69) is 4.98 Å². The predicted molar refractivity (Wildman–Crippen MR) is 75.3 cm³/mol. The van der Waals surface area contributed by atoms with Gasteiger partial charge in [-0.2, -0.15) is 0 Å². The van der Waals surface area contributed by atoms with Crippen LogP contribution in [0.3, 0.4) is 0 Å². The number of nitrogens with zero attached hydrogens (tertiary/aromatic N) is 1. The van der Waals surface area contributed by atoms with Gasteiger partial charge in [0.25, 0.3) is 0 Å². The van der Waals surface area contributed by atoms with E-state index in [0.717, 1.165) is 10.2 Å². The number of benzene rings is 1. The van der Waals surface area contributed by atoms with Gasteiger partial charge in [0.1, 0.15) is 16.6 Å². The molecule has 96 valence electrons. The topological polar surface area (TPSA) is 59.1 Å². The smallest absolute Gasteiger partial charge is 0.129 e. The first-order valence-electron chi connectivity index (χ1n) is 5.76. The van der Waals surface area contributed by atoms with Crippen LogP contribution in [0.15, 0.2) is 48.0 Å². The van der Waals surface area contributed by atoms with Crippen molar-refractivity contribution in [3.05, 3.63) is 53.0 Å². The molecule has 1 heterocycles. The number of allylic oxidation sites excluding steroid dienone is 5. The zero-order valence-electron chi connectivity index (χ0n) is 9.93. The molecule has 0 aliphatic heterocycles. The van der Waals surface area contributed by atoms with Crippen LogP contribution in [0, 0.1) is 0 Å². The minimum absolute atomic E-state index is 0.170. The van der Waals surface area contributed by atoms with Gasteiger partial charge in [0.05, 0.1) is 15.8 Å². The number of phenols is 1. The SMILES string of the molecule is NC1=CC=CCC(F)=C1c1nc2ccc(O)cc2s1. The Labute approximate surface area is 113 Å². The van der Waals surface area contributed by atoms with Crippen LogP contribution in [0.4, 0.5) is 4.39 Å². The van der Waals surface area contributed by atoms with E-state index in [4.69, 9.17) is 5.73 Å². The van der Waals surface area contributed by atoms with Gasteiger partial charge in [-0.3, -0.25) is 0 Å². The van der Waals surface area contributed by atoms with Gasteiger partial charge in [-0.25, -0.2) is 9.37 Å². The van der Waals surface area contributed by atoms with E-state index in [9.17, 15) is 9.50 Å². The van der Waals surface area contributed by atoms with Crippen LogP contribution in [0.1, 0.15) is 11.4 Å². The fourth-order valence-electron chi connectivity index (χ4n) is 1.94. The highest BCUT2D eigenvalue weighted by Gasteiger charge is 2.17. The highest BCUT2D eigenvalue weighted by atomic mass is 32.1. The molecule has 1 aliphatic carbocycles. The Bertz CT molecular complexity index is 743. The number of rotatable bonds is 1. The minimum Gasteiger partial charge on any atom is -0.508 e. The molecule has 0 saturated heterocycles. The Morgan fingerprint density at radius 3 is 3.05 bits per heavy atom. The van der Waals surface area contributed by atoms with Crippen LogP contribution >= 0.6 is 11.3 Å². The molecular weight excluding hydrogens is 263 g/mol. The summed E-state index contributed by atoms with van der Waals surface area (Å²) < 4.78 is 14.9. The van der Waals surface area contributed by atoms with Crippen molar-refractivity contribution in [2.45, 2.75) is 6.42 Å². The standard InChI is InChI=1S/C14H11FN2OS/c15-9-3-1-2-4-10(16)13(9)14-17-11-6-5-8(18)7-12(11)19-14/h1-2,4-7,18H,3,16H2. The number of thiazole rings is 1.